The predicted molar refractivity (Wildman–Crippen MR) is 80.3 cm³/mol. The van der Waals surface area contributed by atoms with Gasteiger partial charge in [-0.25, -0.2) is 0 Å². The number of nitrogens with zero attached hydrogens (tertiary/aromatic N) is 1. The lowest BCUT2D eigenvalue weighted by molar-refractivity contribution is -0.141. The summed E-state index contributed by atoms with van der Waals surface area (Å²) in [6.45, 7) is 2.31. The molecule has 0 saturated heterocycles. The molecule has 1 N–H and O–H groups in total. The number of nitrogens with one attached hydrogen (secondary N) is 1. The van der Waals surface area contributed by atoms with Crippen molar-refractivity contribution in [2.75, 3.05) is 27.2 Å². The van der Waals surface area contributed by atoms with Crippen LogP contribution in [-0.2, 0) is 14.3 Å². The summed E-state index contributed by atoms with van der Waals surface area (Å²) in [4.78, 5) is 37.7. The zero-order chi connectivity index (χ0) is 15.8. The molecule has 0 aromatic carbocycles. The van der Waals surface area contributed by atoms with Crippen LogP contribution in [0.15, 0.2) is 12.1 Å². The van der Waals surface area contributed by atoms with Crippen LogP contribution < -0.4 is 5.32 Å². The van der Waals surface area contributed by atoms with Gasteiger partial charge in [0.2, 0.25) is 5.91 Å². The van der Waals surface area contributed by atoms with E-state index in [-0.39, 0.29) is 30.7 Å². The number of ether oxygens (including phenoxy) is 1. The summed E-state index contributed by atoms with van der Waals surface area (Å²) < 4.78 is 4.52. The van der Waals surface area contributed by atoms with Gasteiger partial charge in [0, 0.05) is 24.9 Å². The van der Waals surface area contributed by atoms with Gasteiger partial charge in [0.05, 0.1) is 18.5 Å². The number of amides is 2. The molecular formula is C14H20N2O4S. The van der Waals surface area contributed by atoms with Gasteiger partial charge in [0.1, 0.15) is 0 Å². The maximum atomic E-state index is 11.8. The summed E-state index contributed by atoms with van der Waals surface area (Å²) in [6.07, 6.45) is 0.807. The van der Waals surface area contributed by atoms with E-state index in [1.807, 2.05) is 13.0 Å². The van der Waals surface area contributed by atoms with Crippen molar-refractivity contribution in [2.24, 2.45) is 0 Å². The number of carbonyl (C=O) groups excluding carboxylic acids is 3. The smallest absolute Gasteiger partial charge is 0.305 e. The Balaban J connectivity index is 2.29. The molecule has 0 spiro atoms. The largest absolute Gasteiger partial charge is 0.469 e. The number of aryl methyl sites for hydroxylation is 1. The zero-order valence-corrected chi connectivity index (χ0v) is 13.3. The van der Waals surface area contributed by atoms with E-state index < -0.39 is 0 Å². The monoisotopic (exact) mass is 312 g/mol. The summed E-state index contributed by atoms with van der Waals surface area (Å²) in [6, 6.07) is 3.60. The highest BCUT2D eigenvalue weighted by Gasteiger charge is 2.13. The standard InChI is InChI=1S/C14H20N2O4S/c1-10-6-7-11(21-10)14(19)15-9-12(17)16(2)8-4-5-13(18)20-3/h6-7H,4-5,8-9H2,1-3H3,(H,15,19). The van der Waals surface area contributed by atoms with Crippen molar-refractivity contribution in [3.8, 4) is 0 Å². The van der Waals surface area contributed by atoms with Crippen molar-refractivity contribution in [3.63, 3.8) is 0 Å². The fourth-order valence-corrected chi connectivity index (χ4v) is 2.41. The van der Waals surface area contributed by atoms with Crippen LogP contribution in [0.1, 0.15) is 27.4 Å². The van der Waals surface area contributed by atoms with Crippen LogP contribution in [0, 0.1) is 6.92 Å². The molecule has 0 saturated carbocycles. The Hall–Kier alpha value is -1.89. The first-order chi connectivity index (χ1) is 9.93. The Morgan fingerprint density at radius 2 is 2.05 bits per heavy atom. The number of methoxy groups -OCH3 is 1. The molecule has 6 nitrogen and oxygen atoms in total. The second-order valence-corrected chi connectivity index (χ2v) is 5.88. The minimum atomic E-state index is -0.294. The molecule has 1 rings (SSSR count). The molecule has 116 valence electrons. The normalized spacial score (nSPS) is 10.0. The van der Waals surface area contributed by atoms with Crippen molar-refractivity contribution >= 4 is 29.1 Å². The van der Waals surface area contributed by atoms with E-state index in [4.69, 9.17) is 0 Å². The molecule has 0 bridgehead atoms. The number of carbonyl (C=O) groups is 3. The van der Waals surface area contributed by atoms with Gasteiger partial charge in [-0.05, 0) is 25.5 Å². The summed E-state index contributed by atoms with van der Waals surface area (Å²) in [5.74, 6) is -0.733. The first kappa shape index (κ1) is 17.2. The number of rotatable bonds is 7. The highest BCUT2D eigenvalue weighted by atomic mass is 32.1. The van der Waals surface area contributed by atoms with Crippen molar-refractivity contribution in [1.29, 1.82) is 0 Å². The second kappa shape index (κ2) is 8.41. The molecule has 0 fully saturated rings. The first-order valence-corrected chi connectivity index (χ1v) is 7.41. The quantitative estimate of drug-likeness (QED) is 0.768. The third kappa shape index (κ3) is 5.95. The summed E-state index contributed by atoms with van der Waals surface area (Å²) in [5.41, 5.74) is 0. The van der Waals surface area contributed by atoms with Gasteiger partial charge in [-0.15, -0.1) is 11.3 Å². The van der Waals surface area contributed by atoms with Crippen molar-refractivity contribution < 1.29 is 19.1 Å². The van der Waals surface area contributed by atoms with Gasteiger partial charge >= 0.3 is 5.97 Å². The predicted octanol–water partition coefficient (Wildman–Crippen LogP) is 1.20. The van der Waals surface area contributed by atoms with E-state index in [2.05, 4.69) is 10.1 Å². The zero-order valence-electron chi connectivity index (χ0n) is 12.5. The van der Waals surface area contributed by atoms with Gasteiger partial charge in [0.15, 0.2) is 0 Å². The van der Waals surface area contributed by atoms with Crippen molar-refractivity contribution in [1.82, 2.24) is 10.2 Å². The number of esters is 1. The van der Waals surface area contributed by atoms with Gasteiger partial charge in [0.25, 0.3) is 5.91 Å². The molecule has 0 atom stereocenters. The molecule has 1 heterocycles. The van der Waals surface area contributed by atoms with Crippen LogP contribution in [0.5, 0.6) is 0 Å². The van der Waals surface area contributed by atoms with Gasteiger partial charge in [-0.1, -0.05) is 0 Å². The lowest BCUT2D eigenvalue weighted by Gasteiger charge is -2.16. The summed E-state index contributed by atoms with van der Waals surface area (Å²) >= 11 is 1.39. The molecule has 1 aromatic heterocycles. The Morgan fingerprint density at radius 1 is 1.33 bits per heavy atom. The lowest BCUT2D eigenvalue weighted by atomic mass is 10.3. The third-order valence-corrected chi connectivity index (χ3v) is 3.89. The van der Waals surface area contributed by atoms with Crippen LogP contribution in [0.3, 0.4) is 0 Å². The van der Waals surface area contributed by atoms with Gasteiger partial charge in [-0.2, -0.15) is 0 Å². The highest BCUT2D eigenvalue weighted by molar-refractivity contribution is 7.13. The SMILES string of the molecule is COC(=O)CCCN(C)C(=O)CNC(=O)c1ccc(C)s1. The Labute approximate surface area is 128 Å². The summed E-state index contributed by atoms with van der Waals surface area (Å²) in [5, 5.41) is 2.59. The molecule has 0 aliphatic rings. The molecule has 0 aliphatic heterocycles. The maximum absolute atomic E-state index is 11.8. The Bertz CT molecular complexity index is 513. The first-order valence-electron chi connectivity index (χ1n) is 6.59. The van der Waals surface area contributed by atoms with Crippen LogP contribution >= 0.6 is 11.3 Å². The fraction of sp³-hybridized carbons (Fsp3) is 0.500. The van der Waals surface area contributed by atoms with E-state index in [1.165, 1.54) is 23.3 Å². The van der Waals surface area contributed by atoms with Crippen LogP contribution in [0.2, 0.25) is 0 Å². The summed E-state index contributed by atoms with van der Waals surface area (Å²) in [7, 11) is 2.97. The highest BCUT2D eigenvalue weighted by Crippen LogP contribution is 2.14. The maximum Gasteiger partial charge on any atom is 0.305 e. The molecule has 1 aromatic rings. The lowest BCUT2D eigenvalue weighted by Crippen LogP contribution is -2.38. The number of hydrogen-bond donors (Lipinski definition) is 1. The molecule has 0 radical (unpaired) electrons. The van der Waals surface area contributed by atoms with Gasteiger partial charge in [-0.3, -0.25) is 14.4 Å². The van der Waals surface area contributed by atoms with Crippen LogP contribution in [-0.4, -0.2) is 49.9 Å². The molecular weight excluding hydrogens is 292 g/mol. The molecule has 2 amide bonds. The van der Waals surface area contributed by atoms with E-state index in [9.17, 15) is 14.4 Å². The minimum absolute atomic E-state index is 0.0511. The molecule has 0 aliphatic carbocycles. The third-order valence-electron chi connectivity index (χ3n) is 2.89. The number of thiophene rings is 1. The van der Waals surface area contributed by atoms with E-state index in [1.54, 1.807) is 13.1 Å². The number of hydrogen-bond acceptors (Lipinski definition) is 5. The van der Waals surface area contributed by atoms with E-state index in [0.29, 0.717) is 17.8 Å². The molecule has 0 unspecified atom stereocenters. The van der Waals surface area contributed by atoms with E-state index in [0.717, 1.165) is 4.88 Å². The Kier molecular flexibility index (Phi) is 6.87. The average Bonchev–Trinajstić information content (AvgIpc) is 2.90. The Morgan fingerprint density at radius 3 is 2.62 bits per heavy atom. The second-order valence-electron chi connectivity index (χ2n) is 4.59. The molecule has 7 heteroatoms. The number of likely N-dealkylation sites (N-methyl/N-ethyl adjacent to an activating group) is 1. The van der Waals surface area contributed by atoms with Crippen molar-refractivity contribution in [2.45, 2.75) is 19.8 Å². The van der Waals surface area contributed by atoms with Crippen LogP contribution in [0.4, 0.5) is 0 Å². The average molecular weight is 312 g/mol. The fourth-order valence-electron chi connectivity index (χ4n) is 1.62. The van der Waals surface area contributed by atoms with Gasteiger partial charge < -0.3 is 15.0 Å². The van der Waals surface area contributed by atoms with Crippen LogP contribution in [0.25, 0.3) is 0 Å². The van der Waals surface area contributed by atoms with Crippen molar-refractivity contribution in [3.05, 3.63) is 21.9 Å². The molecule has 21 heavy (non-hydrogen) atoms. The topological polar surface area (TPSA) is 75.7 Å². The minimum Gasteiger partial charge on any atom is -0.469 e. The van der Waals surface area contributed by atoms with E-state index >= 15 is 0 Å².